The van der Waals surface area contributed by atoms with E-state index in [2.05, 4.69) is 17.4 Å². The molecular weight excluding hydrogens is 238 g/mol. The van der Waals surface area contributed by atoms with Gasteiger partial charge < -0.3 is 5.32 Å². The minimum Gasteiger partial charge on any atom is -0.356 e. The van der Waals surface area contributed by atoms with Crippen molar-refractivity contribution in [2.45, 2.75) is 38.5 Å². The second-order valence-corrected chi connectivity index (χ2v) is 5.19. The summed E-state index contributed by atoms with van der Waals surface area (Å²) in [6, 6.07) is 10.3. The van der Waals surface area contributed by atoms with Gasteiger partial charge in [-0.15, -0.1) is 0 Å². The zero-order chi connectivity index (χ0) is 13.5. The standard InChI is InChI=1S/C16H21NO2/c18-15-10-8-14(9-11-15)16(19)17-12-4-7-13-5-2-1-3-6-13/h1-3,5-6,14H,4,7-12H2,(H,17,19). The summed E-state index contributed by atoms with van der Waals surface area (Å²) in [6.07, 6.45) is 4.54. The van der Waals surface area contributed by atoms with Crippen molar-refractivity contribution in [3.05, 3.63) is 35.9 Å². The van der Waals surface area contributed by atoms with Gasteiger partial charge in [-0.25, -0.2) is 0 Å². The maximum atomic E-state index is 11.9. The molecule has 1 aliphatic carbocycles. The Morgan fingerprint density at radius 1 is 1.16 bits per heavy atom. The van der Waals surface area contributed by atoms with Crippen LogP contribution in [0.4, 0.5) is 0 Å². The van der Waals surface area contributed by atoms with Gasteiger partial charge in [0.1, 0.15) is 5.78 Å². The summed E-state index contributed by atoms with van der Waals surface area (Å²) in [6.45, 7) is 0.720. The smallest absolute Gasteiger partial charge is 0.223 e. The zero-order valence-electron chi connectivity index (χ0n) is 11.2. The number of ketones is 1. The number of hydrogen-bond acceptors (Lipinski definition) is 2. The fourth-order valence-corrected chi connectivity index (χ4v) is 2.50. The minimum atomic E-state index is 0.0504. The highest BCUT2D eigenvalue weighted by atomic mass is 16.2. The average Bonchev–Trinajstić information content (AvgIpc) is 2.45. The number of aryl methyl sites for hydroxylation is 1. The molecule has 3 heteroatoms. The Hall–Kier alpha value is -1.64. The third kappa shape index (κ3) is 4.51. The summed E-state index contributed by atoms with van der Waals surface area (Å²) >= 11 is 0. The molecule has 1 N–H and O–H groups in total. The molecule has 0 spiro atoms. The molecule has 0 bridgehead atoms. The topological polar surface area (TPSA) is 46.2 Å². The number of Topliss-reactive ketones (excluding diaryl/α,β-unsaturated/α-hetero) is 1. The molecule has 0 unspecified atom stereocenters. The van der Waals surface area contributed by atoms with Crippen molar-refractivity contribution in [3.8, 4) is 0 Å². The molecule has 19 heavy (non-hydrogen) atoms. The lowest BCUT2D eigenvalue weighted by Gasteiger charge is -2.20. The largest absolute Gasteiger partial charge is 0.356 e. The Morgan fingerprint density at radius 3 is 2.53 bits per heavy atom. The summed E-state index contributed by atoms with van der Waals surface area (Å²) in [7, 11) is 0. The van der Waals surface area contributed by atoms with Crippen molar-refractivity contribution in [2.75, 3.05) is 6.54 Å². The lowest BCUT2D eigenvalue weighted by molar-refractivity contribution is -0.128. The van der Waals surface area contributed by atoms with Crippen molar-refractivity contribution >= 4 is 11.7 Å². The van der Waals surface area contributed by atoms with Crippen molar-refractivity contribution < 1.29 is 9.59 Å². The van der Waals surface area contributed by atoms with E-state index in [0.717, 1.165) is 32.2 Å². The molecule has 1 saturated carbocycles. The van der Waals surface area contributed by atoms with Crippen LogP contribution in [0.3, 0.4) is 0 Å². The van der Waals surface area contributed by atoms with Gasteiger partial charge in [-0.2, -0.15) is 0 Å². The summed E-state index contributed by atoms with van der Waals surface area (Å²) in [5.74, 6) is 0.475. The van der Waals surface area contributed by atoms with Gasteiger partial charge in [-0.05, 0) is 31.2 Å². The van der Waals surface area contributed by atoms with Crippen LogP contribution in [-0.2, 0) is 16.0 Å². The molecule has 1 fully saturated rings. The molecule has 1 amide bonds. The van der Waals surface area contributed by atoms with Crippen LogP contribution in [-0.4, -0.2) is 18.2 Å². The molecule has 102 valence electrons. The molecule has 1 aliphatic rings. The Kier molecular flexibility index (Phi) is 5.13. The van der Waals surface area contributed by atoms with E-state index < -0.39 is 0 Å². The molecule has 0 aromatic heterocycles. The number of carbonyl (C=O) groups excluding carboxylic acids is 2. The van der Waals surface area contributed by atoms with E-state index in [-0.39, 0.29) is 11.8 Å². The summed E-state index contributed by atoms with van der Waals surface area (Å²) in [5.41, 5.74) is 1.31. The predicted octanol–water partition coefficient (Wildman–Crippen LogP) is 2.49. The monoisotopic (exact) mass is 259 g/mol. The summed E-state index contributed by atoms with van der Waals surface area (Å²) in [4.78, 5) is 23.0. The van der Waals surface area contributed by atoms with Gasteiger partial charge in [0.25, 0.3) is 0 Å². The first-order valence-corrected chi connectivity index (χ1v) is 7.09. The lowest BCUT2D eigenvalue weighted by atomic mass is 9.88. The molecule has 1 aromatic rings. The number of nitrogens with one attached hydrogen (secondary N) is 1. The van der Waals surface area contributed by atoms with Crippen LogP contribution < -0.4 is 5.32 Å². The third-order valence-corrected chi connectivity index (χ3v) is 3.70. The Labute approximate surface area is 114 Å². The maximum absolute atomic E-state index is 11.9. The summed E-state index contributed by atoms with van der Waals surface area (Å²) < 4.78 is 0. The van der Waals surface area contributed by atoms with Gasteiger partial charge in [0.2, 0.25) is 5.91 Å². The second-order valence-electron chi connectivity index (χ2n) is 5.19. The lowest BCUT2D eigenvalue weighted by Crippen LogP contribution is -2.34. The van der Waals surface area contributed by atoms with Crippen LogP contribution in [0.25, 0.3) is 0 Å². The molecule has 0 radical (unpaired) electrons. The van der Waals surface area contributed by atoms with Crippen molar-refractivity contribution in [1.82, 2.24) is 5.32 Å². The van der Waals surface area contributed by atoms with Crippen LogP contribution in [0.5, 0.6) is 0 Å². The van der Waals surface area contributed by atoms with Gasteiger partial charge in [-0.3, -0.25) is 9.59 Å². The Morgan fingerprint density at radius 2 is 1.84 bits per heavy atom. The van der Waals surface area contributed by atoms with E-state index in [1.165, 1.54) is 5.56 Å². The number of rotatable bonds is 5. The number of carbonyl (C=O) groups is 2. The van der Waals surface area contributed by atoms with E-state index in [1.54, 1.807) is 0 Å². The fourth-order valence-electron chi connectivity index (χ4n) is 2.50. The molecule has 2 rings (SSSR count). The minimum absolute atomic E-state index is 0.0504. The van der Waals surface area contributed by atoms with Crippen LogP contribution in [0.15, 0.2) is 30.3 Å². The molecule has 0 saturated heterocycles. The Bertz CT molecular complexity index is 418. The molecule has 0 aliphatic heterocycles. The predicted molar refractivity (Wildman–Crippen MR) is 74.7 cm³/mol. The molecule has 0 atom stereocenters. The van der Waals surface area contributed by atoms with E-state index in [1.807, 2.05) is 18.2 Å². The van der Waals surface area contributed by atoms with Crippen molar-refractivity contribution in [1.29, 1.82) is 0 Å². The SMILES string of the molecule is O=C1CCC(C(=O)NCCCc2ccccc2)CC1. The van der Waals surface area contributed by atoms with Crippen LogP contribution in [0, 0.1) is 5.92 Å². The van der Waals surface area contributed by atoms with Gasteiger partial charge in [0, 0.05) is 25.3 Å². The summed E-state index contributed by atoms with van der Waals surface area (Å²) in [5, 5.41) is 2.99. The van der Waals surface area contributed by atoms with Gasteiger partial charge in [-0.1, -0.05) is 30.3 Å². The second kappa shape index (κ2) is 7.07. The first-order chi connectivity index (χ1) is 9.25. The van der Waals surface area contributed by atoms with Crippen LogP contribution >= 0.6 is 0 Å². The number of hydrogen-bond donors (Lipinski definition) is 1. The number of benzene rings is 1. The first kappa shape index (κ1) is 13.8. The molecule has 0 heterocycles. The zero-order valence-corrected chi connectivity index (χ0v) is 11.2. The molecular formula is C16H21NO2. The first-order valence-electron chi connectivity index (χ1n) is 7.09. The van der Waals surface area contributed by atoms with E-state index in [4.69, 9.17) is 0 Å². The maximum Gasteiger partial charge on any atom is 0.223 e. The Balaban J connectivity index is 1.63. The average molecular weight is 259 g/mol. The third-order valence-electron chi connectivity index (χ3n) is 3.70. The normalized spacial score (nSPS) is 16.3. The van der Waals surface area contributed by atoms with Crippen molar-refractivity contribution in [3.63, 3.8) is 0 Å². The van der Waals surface area contributed by atoms with Crippen molar-refractivity contribution in [2.24, 2.45) is 5.92 Å². The quantitative estimate of drug-likeness (QED) is 0.826. The fraction of sp³-hybridized carbons (Fsp3) is 0.500. The van der Waals surface area contributed by atoms with E-state index in [0.29, 0.717) is 18.6 Å². The highest BCUT2D eigenvalue weighted by molar-refractivity contribution is 5.84. The highest BCUT2D eigenvalue weighted by Crippen LogP contribution is 2.21. The van der Waals surface area contributed by atoms with Crippen LogP contribution in [0.1, 0.15) is 37.7 Å². The molecule has 1 aromatic carbocycles. The van der Waals surface area contributed by atoms with E-state index in [9.17, 15) is 9.59 Å². The van der Waals surface area contributed by atoms with E-state index >= 15 is 0 Å². The van der Waals surface area contributed by atoms with Gasteiger partial charge >= 0.3 is 0 Å². The van der Waals surface area contributed by atoms with Gasteiger partial charge in [0.05, 0.1) is 0 Å². The number of amides is 1. The van der Waals surface area contributed by atoms with Crippen LogP contribution in [0.2, 0.25) is 0 Å². The highest BCUT2D eigenvalue weighted by Gasteiger charge is 2.24. The van der Waals surface area contributed by atoms with Gasteiger partial charge in [0.15, 0.2) is 0 Å². The molecule has 3 nitrogen and oxygen atoms in total.